The second kappa shape index (κ2) is 8.19. The van der Waals surface area contributed by atoms with Crippen molar-refractivity contribution in [2.45, 2.75) is 13.1 Å². The van der Waals surface area contributed by atoms with Crippen LogP contribution in [0.5, 0.6) is 0 Å². The van der Waals surface area contributed by atoms with Gasteiger partial charge in [0, 0.05) is 16.8 Å². The second-order valence-corrected chi connectivity index (χ2v) is 6.34. The monoisotopic (exact) mass is 415 g/mol. The van der Waals surface area contributed by atoms with Crippen molar-refractivity contribution in [1.82, 2.24) is 9.97 Å². The Morgan fingerprint density at radius 3 is 2.10 bits per heavy atom. The Morgan fingerprint density at radius 1 is 0.900 bits per heavy atom. The van der Waals surface area contributed by atoms with Crippen LogP contribution in [0.3, 0.4) is 0 Å². The molecule has 154 valence electrons. The van der Waals surface area contributed by atoms with Gasteiger partial charge in [-0.3, -0.25) is 9.59 Å². The van der Waals surface area contributed by atoms with Crippen LogP contribution in [-0.2, 0) is 6.18 Å². The highest BCUT2D eigenvalue weighted by Gasteiger charge is 2.30. The van der Waals surface area contributed by atoms with Crippen LogP contribution in [0.2, 0.25) is 0 Å². The van der Waals surface area contributed by atoms with Crippen LogP contribution in [0, 0.1) is 6.92 Å². The molecule has 1 heterocycles. The molecular weight excluding hydrogens is 399 g/mol. The lowest BCUT2D eigenvalue weighted by Gasteiger charge is -2.11. The molecule has 3 rings (SSSR count). The molecule has 7 nitrogen and oxygen atoms in total. The van der Waals surface area contributed by atoms with E-state index in [2.05, 4.69) is 20.6 Å². The summed E-state index contributed by atoms with van der Waals surface area (Å²) in [7, 11) is 0. The van der Waals surface area contributed by atoms with Gasteiger partial charge in [-0.2, -0.15) is 13.2 Å². The maximum Gasteiger partial charge on any atom is 0.416 e. The number of benzene rings is 2. The Kier molecular flexibility index (Phi) is 5.67. The minimum Gasteiger partial charge on any atom is -0.368 e. The van der Waals surface area contributed by atoms with E-state index in [1.165, 1.54) is 18.5 Å². The van der Waals surface area contributed by atoms with Crippen LogP contribution in [0.1, 0.15) is 31.8 Å². The van der Waals surface area contributed by atoms with Gasteiger partial charge in [0.2, 0.25) is 5.95 Å². The zero-order chi connectivity index (χ0) is 21.9. The SMILES string of the molecule is Cc1ccc(NC(=O)c2ccc(C(F)(F)F)cc2)cc1C(=O)Nc1cnc(N)nc1. The molecule has 1 aromatic heterocycles. The van der Waals surface area contributed by atoms with E-state index < -0.39 is 23.6 Å². The predicted octanol–water partition coefficient (Wildman–Crippen LogP) is 3.89. The summed E-state index contributed by atoms with van der Waals surface area (Å²) in [5.74, 6) is -0.991. The molecule has 0 saturated carbocycles. The molecule has 0 atom stereocenters. The molecule has 0 saturated heterocycles. The number of hydrogen-bond donors (Lipinski definition) is 3. The van der Waals surface area contributed by atoms with E-state index in [0.717, 1.165) is 24.3 Å². The summed E-state index contributed by atoms with van der Waals surface area (Å²) in [4.78, 5) is 32.5. The van der Waals surface area contributed by atoms with Crippen molar-refractivity contribution < 1.29 is 22.8 Å². The lowest BCUT2D eigenvalue weighted by Crippen LogP contribution is -2.16. The zero-order valence-electron chi connectivity index (χ0n) is 15.6. The summed E-state index contributed by atoms with van der Waals surface area (Å²) in [5.41, 5.74) is 6.20. The summed E-state index contributed by atoms with van der Waals surface area (Å²) < 4.78 is 37.9. The van der Waals surface area contributed by atoms with Crippen molar-refractivity contribution in [2.24, 2.45) is 0 Å². The first-order valence-electron chi connectivity index (χ1n) is 8.61. The Morgan fingerprint density at radius 2 is 1.50 bits per heavy atom. The van der Waals surface area contributed by atoms with Gasteiger partial charge in [-0.1, -0.05) is 6.07 Å². The molecule has 0 aliphatic carbocycles. The van der Waals surface area contributed by atoms with Gasteiger partial charge >= 0.3 is 6.18 Å². The lowest BCUT2D eigenvalue weighted by atomic mass is 10.1. The highest BCUT2D eigenvalue weighted by atomic mass is 19.4. The largest absolute Gasteiger partial charge is 0.416 e. The molecule has 10 heteroatoms. The second-order valence-electron chi connectivity index (χ2n) is 6.34. The number of carbonyl (C=O) groups is 2. The summed E-state index contributed by atoms with van der Waals surface area (Å²) in [5, 5.41) is 5.19. The Bertz CT molecular complexity index is 1080. The van der Waals surface area contributed by atoms with Gasteiger partial charge in [0.25, 0.3) is 11.8 Å². The summed E-state index contributed by atoms with van der Waals surface area (Å²) in [6.07, 6.45) is -1.78. The number of nitrogens with one attached hydrogen (secondary N) is 2. The normalized spacial score (nSPS) is 11.1. The van der Waals surface area contributed by atoms with Crippen LogP contribution >= 0.6 is 0 Å². The van der Waals surface area contributed by atoms with E-state index in [9.17, 15) is 22.8 Å². The molecule has 0 unspecified atom stereocenters. The number of nitrogens with zero attached hydrogens (tertiary/aromatic N) is 2. The first-order chi connectivity index (χ1) is 14.1. The molecule has 30 heavy (non-hydrogen) atoms. The first kappa shape index (κ1) is 20.8. The lowest BCUT2D eigenvalue weighted by molar-refractivity contribution is -0.137. The number of nitrogen functional groups attached to an aromatic ring is 1. The standard InChI is InChI=1S/C20H16F3N5O2/c1-11-2-7-14(8-16(11)18(30)28-15-9-25-19(24)26-10-15)27-17(29)12-3-5-13(6-4-12)20(21,22)23/h2-10H,1H3,(H,27,29)(H,28,30)(H2,24,25,26). The molecule has 2 amide bonds. The number of aryl methyl sites for hydroxylation is 1. The molecule has 0 radical (unpaired) electrons. The summed E-state index contributed by atoms with van der Waals surface area (Å²) >= 11 is 0. The van der Waals surface area contributed by atoms with Crippen LogP contribution in [-0.4, -0.2) is 21.8 Å². The fourth-order valence-corrected chi connectivity index (χ4v) is 2.56. The van der Waals surface area contributed by atoms with E-state index in [0.29, 0.717) is 16.9 Å². The Balaban J connectivity index is 1.75. The van der Waals surface area contributed by atoms with Gasteiger partial charge in [0.15, 0.2) is 0 Å². The number of carbonyl (C=O) groups excluding carboxylic acids is 2. The van der Waals surface area contributed by atoms with Gasteiger partial charge in [0.1, 0.15) is 0 Å². The first-order valence-corrected chi connectivity index (χ1v) is 8.61. The smallest absolute Gasteiger partial charge is 0.368 e. The van der Waals surface area contributed by atoms with Crippen molar-refractivity contribution in [3.05, 3.63) is 77.1 Å². The number of halogens is 3. The molecular formula is C20H16F3N5O2. The van der Waals surface area contributed by atoms with Gasteiger partial charge < -0.3 is 16.4 Å². The number of hydrogen-bond acceptors (Lipinski definition) is 5. The molecule has 2 aromatic carbocycles. The van der Waals surface area contributed by atoms with Gasteiger partial charge in [0.05, 0.1) is 23.6 Å². The zero-order valence-corrected chi connectivity index (χ0v) is 15.6. The maximum absolute atomic E-state index is 12.6. The predicted molar refractivity (Wildman–Crippen MR) is 105 cm³/mol. The van der Waals surface area contributed by atoms with Crippen molar-refractivity contribution in [3.8, 4) is 0 Å². The van der Waals surface area contributed by atoms with Crippen molar-refractivity contribution in [2.75, 3.05) is 16.4 Å². The highest BCUT2D eigenvalue weighted by molar-refractivity contribution is 6.08. The third kappa shape index (κ3) is 4.90. The molecule has 4 N–H and O–H groups in total. The third-order valence-corrected chi connectivity index (χ3v) is 4.14. The van der Waals surface area contributed by atoms with Crippen LogP contribution in [0.4, 0.5) is 30.5 Å². The number of aromatic nitrogens is 2. The Labute approximate surface area is 169 Å². The third-order valence-electron chi connectivity index (χ3n) is 4.14. The molecule has 0 spiro atoms. The van der Waals surface area contributed by atoms with E-state index in [4.69, 9.17) is 5.73 Å². The molecule has 0 fully saturated rings. The topological polar surface area (TPSA) is 110 Å². The van der Waals surface area contributed by atoms with Gasteiger partial charge in [-0.05, 0) is 48.9 Å². The van der Waals surface area contributed by atoms with Crippen molar-refractivity contribution in [1.29, 1.82) is 0 Å². The van der Waals surface area contributed by atoms with Crippen molar-refractivity contribution >= 4 is 29.1 Å². The number of anilines is 3. The molecule has 0 bridgehead atoms. The van der Waals surface area contributed by atoms with Crippen LogP contribution in [0.15, 0.2) is 54.9 Å². The highest BCUT2D eigenvalue weighted by Crippen LogP contribution is 2.29. The molecule has 0 aliphatic rings. The van der Waals surface area contributed by atoms with E-state index in [-0.39, 0.29) is 17.1 Å². The van der Waals surface area contributed by atoms with Crippen LogP contribution < -0.4 is 16.4 Å². The Hall–Kier alpha value is -3.95. The maximum atomic E-state index is 12.6. The van der Waals surface area contributed by atoms with Crippen molar-refractivity contribution in [3.63, 3.8) is 0 Å². The number of amides is 2. The number of nitrogens with two attached hydrogens (primary N) is 1. The minimum atomic E-state index is -4.48. The van der Waals surface area contributed by atoms with Crippen LogP contribution in [0.25, 0.3) is 0 Å². The fraction of sp³-hybridized carbons (Fsp3) is 0.100. The quantitative estimate of drug-likeness (QED) is 0.599. The van der Waals surface area contributed by atoms with E-state index in [1.807, 2.05) is 0 Å². The number of alkyl halides is 3. The van der Waals surface area contributed by atoms with E-state index >= 15 is 0 Å². The summed E-state index contributed by atoms with van der Waals surface area (Å²) in [6.45, 7) is 1.72. The fourth-order valence-electron chi connectivity index (χ4n) is 2.56. The molecule has 3 aromatic rings. The average molecular weight is 415 g/mol. The van der Waals surface area contributed by atoms with E-state index in [1.54, 1.807) is 19.1 Å². The average Bonchev–Trinajstić information content (AvgIpc) is 2.70. The van der Waals surface area contributed by atoms with Gasteiger partial charge in [-0.15, -0.1) is 0 Å². The van der Waals surface area contributed by atoms with Gasteiger partial charge in [-0.25, -0.2) is 9.97 Å². The summed E-state index contributed by atoms with van der Waals surface area (Å²) in [6, 6.07) is 8.51. The minimum absolute atomic E-state index is 0.0496. The number of rotatable bonds is 4. The molecule has 0 aliphatic heterocycles.